The number of benzene rings is 1. The maximum absolute atomic E-state index is 13.0. The number of aromatic amines is 1. The van der Waals surface area contributed by atoms with E-state index in [0.29, 0.717) is 24.4 Å². The fourth-order valence-electron chi connectivity index (χ4n) is 4.43. The lowest BCUT2D eigenvalue weighted by Gasteiger charge is -2.36. The Balaban J connectivity index is 1.43. The van der Waals surface area contributed by atoms with E-state index in [0.717, 1.165) is 41.0 Å². The third-order valence-electron chi connectivity index (χ3n) is 6.14. The summed E-state index contributed by atoms with van der Waals surface area (Å²) in [5.41, 5.74) is 4.25. The molecule has 1 amide bonds. The first kappa shape index (κ1) is 18.4. The molecule has 1 aromatic carbocycles. The van der Waals surface area contributed by atoms with Crippen LogP contribution in [0.4, 0.5) is 0 Å². The van der Waals surface area contributed by atoms with Crippen molar-refractivity contribution < 1.29 is 4.79 Å². The van der Waals surface area contributed by atoms with Crippen LogP contribution in [-0.4, -0.2) is 43.2 Å². The minimum Gasteiger partial charge on any atom is -0.345 e. The van der Waals surface area contributed by atoms with Crippen LogP contribution < -0.4 is 0 Å². The Hall–Kier alpha value is -3.66. The van der Waals surface area contributed by atoms with Crippen LogP contribution in [0.1, 0.15) is 36.2 Å². The number of likely N-dealkylation sites (tertiary alicyclic amines) is 1. The summed E-state index contributed by atoms with van der Waals surface area (Å²) >= 11 is 0. The number of nitrogens with zero attached hydrogens (tertiary/aromatic N) is 5. The van der Waals surface area contributed by atoms with Gasteiger partial charge in [-0.3, -0.25) is 9.20 Å². The smallest absolute Gasteiger partial charge is 0.227 e. The molecule has 30 heavy (non-hydrogen) atoms. The van der Waals surface area contributed by atoms with E-state index in [1.165, 1.54) is 0 Å². The van der Waals surface area contributed by atoms with Crippen LogP contribution in [-0.2, 0) is 11.2 Å². The lowest BCUT2D eigenvalue weighted by molar-refractivity contribution is -0.132. The number of hydrogen-bond acceptors (Lipinski definition) is 4. The molecule has 4 aromatic rings. The van der Waals surface area contributed by atoms with E-state index in [2.05, 4.69) is 27.4 Å². The number of amides is 1. The summed E-state index contributed by atoms with van der Waals surface area (Å²) in [6, 6.07) is 11.4. The Labute approximate surface area is 174 Å². The van der Waals surface area contributed by atoms with E-state index in [4.69, 9.17) is 10.2 Å². The van der Waals surface area contributed by atoms with Gasteiger partial charge in [-0.15, -0.1) is 0 Å². The third kappa shape index (κ3) is 3.11. The summed E-state index contributed by atoms with van der Waals surface area (Å²) < 4.78 is 2.16. The first-order valence-electron chi connectivity index (χ1n) is 10.2. The number of nitriles is 1. The number of nitrogens with one attached hydrogen (secondary N) is 1. The van der Waals surface area contributed by atoms with E-state index in [-0.39, 0.29) is 11.8 Å². The van der Waals surface area contributed by atoms with Crippen LogP contribution in [0.25, 0.3) is 16.7 Å². The van der Waals surface area contributed by atoms with Gasteiger partial charge < -0.3 is 9.88 Å². The van der Waals surface area contributed by atoms with Crippen molar-refractivity contribution in [2.45, 2.75) is 25.7 Å². The summed E-state index contributed by atoms with van der Waals surface area (Å²) in [7, 11) is 0. The van der Waals surface area contributed by atoms with Gasteiger partial charge in [-0.25, -0.2) is 9.97 Å². The molecule has 1 fully saturated rings. The molecule has 0 aliphatic carbocycles. The van der Waals surface area contributed by atoms with Crippen LogP contribution in [0.15, 0.2) is 48.9 Å². The lowest BCUT2D eigenvalue weighted by atomic mass is 9.86. The van der Waals surface area contributed by atoms with Gasteiger partial charge in [0.15, 0.2) is 5.65 Å². The maximum atomic E-state index is 13.0. The number of aromatic nitrogens is 4. The van der Waals surface area contributed by atoms with Crippen molar-refractivity contribution in [3.05, 3.63) is 65.9 Å². The monoisotopic (exact) mass is 398 g/mol. The molecule has 1 aliphatic rings. The minimum atomic E-state index is 0.0938. The summed E-state index contributed by atoms with van der Waals surface area (Å²) in [6.45, 7) is 3.63. The fourth-order valence-corrected chi connectivity index (χ4v) is 4.43. The molecule has 0 spiro atoms. The van der Waals surface area contributed by atoms with Gasteiger partial charge in [-0.2, -0.15) is 5.26 Å². The highest BCUT2D eigenvalue weighted by Gasteiger charge is 2.32. The van der Waals surface area contributed by atoms with Crippen LogP contribution in [0.2, 0.25) is 0 Å². The van der Waals surface area contributed by atoms with Gasteiger partial charge in [0.2, 0.25) is 5.91 Å². The molecule has 5 rings (SSSR count). The van der Waals surface area contributed by atoms with Gasteiger partial charge in [0.1, 0.15) is 5.82 Å². The first-order valence-corrected chi connectivity index (χ1v) is 10.2. The van der Waals surface area contributed by atoms with Crippen molar-refractivity contribution in [2.75, 3.05) is 13.1 Å². The van der Waals surface area contributed by atoms with Crippen molar-refractivity contribution in [3.8, 4) is 6.07 Å². The highest BCUT2D eigenvalue weighted by Crippen LogP contribution is 2.33. The van der Waals surface area contributed by atoms with E-state index in [1.807, 2.05) is 41.7 Å². The predicted molar refractivity (Wildman–Crippen MR) is 113 cm³/mol. The second-order valence-corrected chi connectivity index (χ2v) is 8.05. The van der Waals surface area contributed by atoms with E-state index >= 15 is 0 Å². The fraction of sp³-hybridized carbons (Fsp3) is 0.304. The van der Waals surface area contributed by atoms with E-state index in [1.54, 1.807) is 12.1 Å². The van der Waals surface area contributed by atoms with Crippen LogP contribution >= 0.6 is 0 Å². The number of rotatable bonds is 3. The maximum Gasteiger partial charge on any atom is 0.227 e. The van der Waals surface area contributed by atoms with Gasteiger partial charge in [0.05, 0.1) is 41.5 Å². The normalized spacial score (nSPS) is 19.3. The molecular formula is C23H22N6O. The highest BCUT2D eigenvalue weighted by atomic mass is 16.2. The Kier molecular flexibility index (Phi) is 4.47. The predicted octanol–water partition coefficient (Wildman–Crippen LogP) is 3.28. The Morgan fingerprint density at radius 2 is 2.17 bits per heavy atom. The zero-order valence-corrected chi connectivity index (χ0v) is 16.7. The van der Waals surface area contributed by atoms with Crippen molar-refractivity contribution in [1.29, 1.82) is 5.26 Å². The number of piperidine rings is 1. The van der Waals surface area contributed by atoms with E-state index in [9.17, 15) is 4.79 Å². The number of H-pyrrole nitrogens is 1. The molecule has 7 heteroatoms. The number of imidazole rings is 1. The lowest BCUT2D eigenvalue weighted by Crippen LogP contribution is -2.43. The molecule has 7 nitrogen and oxygen atoms in total. The molecule has 1 saturated heterocycles. The summed E-state index contributed by atoms with van der Waals surface area (Å²) in [5.74, 6) is 1.64. The SMILES string of the molecule is C[C@@H]1CCN(C(=O)Cc2cccc(C#N)c2)C[C@@H]1c1ncc2cnc3[nH]ccc3n12. The average Bonchev–Trinajstić information content (AvgIpc) is 3.40. The van der Waals surface area contributed by atoms with Crippen molar-refractivity contribution >= 4 is 22.6 Å². The Morgan fingerprint density at radius 3 is 3.03 bits per heavy atom. The van der Waals surface area contributed by atoms with Gasteiger partial charge in [-0.05, 0) is 36.1 Å². The molecular weight excluding hydrogens is 376 g/mol. The summed E-state index contributed by atoms with van der Waals surface area (Å²) in [5, 5.41) is 9.10. The molecule has 0 saturated carbocycles. The third-order valence-corrected chi connectivity index (χ3v) is 6.14. The highest BCUT2D eigenvalue weighted by molar-refractivity contribution is 5.79. The molecule has 3 aromatic heterocycles. The largest absolute Gasteiger partial charge is 0.345 e. The second kappa shape index (κ2) is 7.30. The Bertz CT molecular complexity index is 1280. The summed E-state index contributed by atoms with van der Waals surface area (Å²) in [4.78, 5) is 27.3. The first-order chi connectivity index (χ1) is 14.6. The quantitative estimate of drug-likeness (QED) is 0.573. The standard InChI is InChI=1S/C23H22N6O/c1-15-6-8-28(21(30)10-16-3-2-4-17(9-16)11-24)14-19(15)23-27-13-18-12-26-22-20(29(18)23)5-7-25-22/h2-5,7,9,12-13,15,19,25H,6,8,10,14H2,1H3/t15-,19+/m1/s1. The van der Waals surface area contributed by atoms with Gasteiger partial charge in [-0.1, -0.05) is 19.1 Å². The van der Waals surface area contributed by atoms with Crippen molar-refractivity contribution in [3.63, 3.8) is 0 Å². The van der Waals surface area contributed by atoms with Crippen LogP contribution in [0.5, 0.6) is 0 Å². The molecule has 0 bridgehead atoms. The molecule has 0 unspecified atom stereocenters. The topological polar surface area (TPSA) is 90.1 Å². The number of carbonyl (C=O) groups excluding carboxylic acids is 1. The minimum absolute atomic E-state index is 0.0938. The van der Waals surface area contributed by atoms with Crippen LogP contribution in [0, 0.1) is 17.2 Å². The molecule has 4 heterocycles. The van der Waals surface area contributed by atoms with Gasteiger partial charge in [0, 0.05) is 25.2 Å². The summed E-state index contributed by atoms with van der Waals surface area (Å²) in [6.07, 6.45) is 6.82. The van der Waals surface area contributed by atoms with Crippen LogP contribution in [0.3, 0.4) is 0 Å². The van der Waals surface area contributed by atoms with Crippen molar-refractivity contribution in [2.24, 2.45) is 5.92 Å². The second-order valence-electron chi connectivity index (χ2n) is 8.05. The average molecular weight is 398 g/mol. The molecule has 2 atom stereocenters. The Morgan fingerprint density at radius 1 is 1.30 bits per heavy atom. The van der Waals surface area contributed by atoms with Crippen molar-refractivity contribution in [1.82, 2.24) is 24.3 Å². The van der Waals surface area contributed by atoms with Gasteiger partial charge >= 0.3 is 0 Å². The zero-order valence-electron chi connectivity index (χ0n) is 16.7. The molecule has 1 aliphatic heterocycles. The number of carbonyl (C=O) groups is 1. The number of hydrogen-bond donors (Lipinski definition) is 1. The zero-order chi connectivity index (χ0) is 20.7. The number of fused-ring (bicyclic) bond motifs is 3. The molecule has 1 N–H and O–H groups in total. The van der Waals surface area contributed by atoms with E-state index < -0.39 is 0 Å². The molecule has 150 valence electrons. The van der Waals surface area contributed by atoms with Gasteiger partial charge in [0.25, 0.3) is 0 Å². The molecule has 0 radical (unpaired) electrons.